The molecule has 0 spiro atoms. The number of aromatic nitrogens is 2. The molecular formula is C24H29F2N3O4S. The van der Waals surface area contributed by atoms with E-state index in [1.165, 1.54) is 14.2 Å². The smallest absolute Gasteiger partial charge is 0.231 e. The van der Waals surface area contributed by atoms with Crippen molar-refractivity contribution in [1.82, 2.24) is 9.55 Å². The Morgan fingerprint density at radius 1 is 1.12 bits per heavy atom. The van der Waals surface area contributed by atoms with Crippen LogP contribution in [0.5, 0.6) is 11.5 Å². The van der Waals surface area contributed by atoms with E-state index in [1.54, 1.807) is 6.20 Å². The Morgan fingerprint density at radius 2 is 1.79 bits per heavy atom. The Bertz CT molecular complexity index is 1210. The molecule has 0 saturated carbocycles. The molecule has 0 unspecified atom stereocenters. The molecule has 10 heteroatoms. The zero-order chi connectivity index (χ0) is 24.6. The van der Waals surface area contributed by atoms with Gasteiger partial charge < -0.3 is 23.7 Å². The molecule has 4 rings (SSSR count). The fourth-order valence-corrected chi connectivity index (χ4v) is 4.59. The average molecular weight is 494 g/mol. The molecule has 0 radical (unpaired) electrons. The Hall–Kier alpha value is -2.85. The lowest BCUT2D eigenvalue weighted by Gasteiger charge is -2.30. The number of hydrogen-bond acceptors (Lipinski definition) is 5. The highest BCUT2D eigenvalue weighted by atomic mass is 32.3. The Balaban J connectivity index is 1.63. The number of pyridine rings is 1. The fourth-order valence-electron chi connectivity index (χ4n) is 3.97. The summed E-state index contributed by atoms with van der Waals surface area (Å²) in [5.74, 6) is -1.72. The molecule has 0 aliphatic carbocycles. The van der Waals surface area contributed by atoms with E-state index >= 15 is 8.78 Å². The van der Waals surface area contributed by atoms with Gasteiger partial charge in [0.15, 0.2) is 23.1 Å². The first-order chi connectivity index (χ1) is 16.1. The van der Waals surface area contributed by atoms with Crippen molar-refractivity contribution in [2.45, 2.75) is 19.7 Å². The second-order valence-corrected chi connectivity index (χ2v) is 13.6. The molecule has 184 valence electrons. The number of nitrogens with zero attached hydrogens (tertiary/aromatic N) is 3. The number of halogens is 2. The van der Waals surface area contributed by atoms with Crippen LogP contribution < -0.4 is 14.4 Å². The van der Waals surface area contributed by atoms with Crippen molar-refractivity contribution in [2.75, 3.05) is 50.2 Å². The standard InChI is InChI=1S/C24H29F2N3O4S/c1-31-18-11-19(32-2)22(26)23(21(18)25)29-13-15-12-27-24-16(17(15)10-20(29)30)6-7-28(24)14-33-8-9-34(3,4)5/h6-7,11-12H,8-10,13-14H2,1-5H3. The van der Waals surface area contributed by atoms with E-state index < -0.39 is 33.3 Å². The summed E-state index contributed by atoms with van der Waals surface area (Å²) < 4.78 is 47.8. The summed E-state index contributed by atoms with van der Waals surface area (Å²) in [7, 11) is 1.91. The van der Waals surface area contributed by atoms with Crippen LogP contribution >= 0.6 is 10.0 Å². The van der Waals surface area contributed by atoms with Gasteiger partial charge in [-0.2, -0.15) is 0 Å². The number of methoxy groups -OCH3 is 2. The van der Waals surface area contributed by atoms with Crippen molar-refractivity contribution in [1.29, 1.82) is 0 Å². The minimum absolute atomic E-state index is 0.00892. The number of amides is 1. The molecule has 7 nitrogen and oxygen atoms in total. The summed E-state index contributed by atoms with van der Waals surface area (Å²) in [6, 6.07) is 3.02. The highest BCUT2D eigenvalue weighted by Gasteiger charge is 2.33. The lowest BCUT2D eigenvalue weighted by Crippen LogP contribution is -2.37. The molecular weight excluding hydrogens is 464 g/mol. The van der Waals surface area contributed by atoms with E-state index in [2.05, 4.69) is 23.8 Å². The molecule has 3 heterocycles. The van der Waals surface area contributed by atoms with Crippen molar-refractivity contribution in [2.24, 2.45) is 0 Å². The Morgan fingerprint density at radius 3 is 2.41 bits per heavy atom. The normalized spacial score (nSPS) is 14.4. The Kier molecular flexibility index (Phi) is 6.73. The van der Waals surface area contributed by atoms with Crippen LogP contribution in [0.4, 0.5) is 14.5 Å². The maximum atomic E-state index is 15.0. The van der Waals surface area contributed by atoms with Crippen LogP contribution in [0.1, 0.15) is 11.1 Å². The summed E-state index contributed by atoms with van der Waals surface area (Å²) in [4.78, 5) is 18.7. The summed E-state index contributed by atoms with van der Waals surface area (Å²) in [5, 5.41) is 0.833. The number of carbonyl (C=O) groups is 1. The number of hydrogen-bond donors (Lipinski definition) is 0. The topological polar surface area (TPSA) is 65.8 Å². The van der Waals surface area contributed by atoms with Gasteiger partial charge in [-0.1, -0.05) is 0 Å². The van der Waals surface area contributed by atoms with Crippen LogP contribution in [-0.2, 0) is 29.2 Å². The van der Waals surface area contributed by atoms with E-state index in [0.717, 1.165) is 33.2 Å². The predicted molar refractivity (Wildman–Crippen MR) is 130 cm³/mol. The van der Waals surface area contributed by atoms with Crippen LogP contribution in [0.3, 0.4) is 0 Å². The van der Waals surface area contributed by atoms with E-state index in [-0.39, 0.29) is 24.5 Å². The maximum Gasteiger partial charge on any atom is 0.231 e. The van der Waals surface area contributed by atoms with Crippen molar-refractivity contribution in [3.05, 3.63) is 47.3 Å². The van der Waals surface area contributed by atoms with E-state index in [9.17, 15) is 4.79 Å². The van der Waals surface area contributed by atoms with Gasteiger partial charge in [-0.15, -0.1) is 0 Å². The quantitative estimate of drug-likeness (QED) is 0.443. The summed E-state index contributed by atoms with van der Waals surface area (Å²) in [6.45, 7) is 1.01. The second-order valence-electron chi connectivity index (χ2n) is 9.03. The molecule has 0 N–H and O–H groups in total. The van der Waals surface area contributed by atoms with Gasteiger partial charge in [0.05, 0.1) is 33.8 Å². The molecule has 1 aromatic carbocycles. The van der Waals surface area contributed by atoms with Gasteiger partial charge in [0, 0.05) is 29.6 Å². The molecule has 0 atom stereocenters. The van der Waals surface area contributed by atoms with Gasteiger partial charge in [0.1, 0.15) is 18.1 Å². The average Bonchev–Trinajstić information content (AvgIpc) is 3.20. The molecule has 3 aromatic rings. The fraction of sp³-hybridized carbons (Fsp3) is 0.417. The molecule has 0 fully saturated rings. The third-order valence-corrected chi connectivity index (χ3v) is 7.23. The molecule has 0 saturated heterocycles. The van der Waals surface area contributed by atoms with Gasteiger partial charge >= 0.3 is 0 Å². The molecule has 1 amide bonds. The van der Waals surface area contributed by atoms with E-state index in [0.29, 0.717) is 19.0 Å². The van der Waals surface area contributed by atoms with Crippen LogP contribution in [-0.4, -0.2) is 60.8 Å². The van der Waals surface area contributed by atoms with E-state index in [4.69, 9.17) is 14.2 Å². The first-order valence-corrected chi connectivity index (χ1v) is 13.8. The zero-order valence-electron chi connectivity index (χ0n) is 20.0. The van der Waals surface area contributed by atoms with Crippen LogP contribution in [0.15, 0.2) is 24.5 Å². The minimum atomic E-state index is -0.952. The van der Waals surface area contributed by atoms with Crippen LogP contribution in [0.2, 0.25) is 0 Å². The largest absolute Gasteiger partial charge is 0.493 e. The monoisotopic (exact) mass is 493 g/mol. The third-order valence-electron chi connectivity index (χ3n) is 5.84. The van der Waals surface area contributed by atoms with E-state index in [1.807, 2.05) is 16.8 Å². The van der Waals surface area contributed by atoms with Crippen molar-refractivity contribution in [3.8, 4) is 11.5 Å². The van der Waals surface area contributed by atoms with Crippen molar-refractivity contribution >= 4 is 32.7 Å². The predicted octanol–water partition coefficient (Wildman–Crippen LogP) is 4.09. The highest BCUT2D eigenvalue weighted by molar-refractivity contribution is 8.32. The second kappa shape index (κ2) is 9.42. The molecule has 1 aliphatic heterocycles. The maximum absolute atomic E-state index is 15.0. The summed E-state index contributed by atoms with van der Waals surface area (Å²) >= 11 is 0. The lowest BCUT2D eigenvalue weighted by molar-refractivity contribution is -0.118. The zero-order valence-corrected chi connectivity index (χ0v) is 20.8. The van der Waals surface area contributed by atoms with Gasteiger partial charge in [0.25, 0.3) is 0 Å². The SMILES string of the molecule is COc1cc(OC)c(F)c(N2Cc3cnc4c(ccn4COCCS(C)(C)C)c3CC2=O)c1F. The van der Waals surface area contributed by atoms with Gasteiger partial charge in [-0.05, 0) is 36.0 Å². The van der Waals surface area contributed by atoms with Gasteiger partial charge in [0.2, 0.25) is 5.91 Å². The number of anilines is 1. The number of benzene rings is 1. The number of ether oxygens (including phenoxy) is 3. The van der Waals surface area contributed by atoms with Crippen molar-refractivity contribution < 1.29 is 27.8 Å². The van der Waals surface area contributed by atoms with Gasteiger partial charge in [-0.3, -0.25) is 4.79 Å². The minimum Gasteiger partial charge on any atom is -0.493 e. The first-order valence-electron chi connectivity index (χ1n) is 10.7. The molecule has 2 aromatic heterocycles. The Labute approximate surface area is 198 Å². The molecule has 1 aliphatic rings. The number of fused-ring (bicyclic) bond motifs is 3. The number of rotatable bonds is 8. The van der Waals surface area contributed by atoms with Crippen LogP contribution in [0.25, 0.3) is 11.0 Å². The molecule has 34 heavy (non-hydrogen) atoms. The van der Waals surface area contributed by atoms with Gasteiger partial charge in [-0.25, -0.2) is 23.8 Å². The highest BCUT2D eigenvalue weighted by Crippen LogP contribution is 2.40. The third kappa shape index (κ3) is 4.56. The lowest BCUT2D eigenvalue weighted by atomic mass is 9.97. The molecule has 0 bridgehead atoms. The number of carbonyl (C=O) groups excluding carboxylic acids is 1. The summed E-state index contributed by atoms with van der Waals surface area (Å²) in [6.07, 6.45) is 10.3. The van der Waals surface area contributed by atoms with Crippen LogP contribution in [0, 0.1) is 11.6 Å². The first kappa shape index (κ1) is 24.3. The van der Waals surface area contributed by atoms with Crippen molar-refractivity contribution in [3.63, 3.8) is 0 Å². The summed E-state index contributed by atoms with van der Waals surface area (Å²) in [5.41, 5.74) is 1.75.